The molecule has 2 aliphatic heterocycles. The Hall–Kier alpha value is -3.72. The van der Waals surface area contributed by atoms with Crippen LogP contribution in [0, 0.1) is 5.82 Å². The molecule has 1 fully saturated rings. The first-order valence-corrected chi connectivity index (χ1v) is 11.6. The van der Waals surface area contributed by atoms with E-state index in [1.165, 1.54) is 36.7 Å². The van der Waals surface area contributed by atoms with Gasteiger partial charge in [-0.15, -0.1) is 0 Å². The highest BCUT2D eigenvalue weighted by molar-refractivity contribution is 5.92. The third-order valence-electron chi connectivity index (χ3n) is 6.36. The molecule has 0 amide bonds. The van der Waals surface area contributed by atoms with E-state index in [1.54, 1.807) is 6.20 Å². The summed E-state index contributed by atoms with van der Waals surface area (Å²) in [5.74, 6) is 0.904. The SMILES string of the molecule is COC(=O)c1cc(F)ccc1Oc1cncnc1N1CCC(Oc2cccc3c2CN(C)C3)CC1. The fourth-order valence-electron chi connectivity index (χ4n) is 4.63. The average molecular weight is 479 g/mol. The Morgan fingerprint density at radius 2 is 1.91 bits per heavy atom. The van der Waals surface area contributed by atoms with Gasteiger partial charge in [0.2, 0.25) is 0 Å². The van der Waals surface area contributed by atoms with Gasteiger partial charge in [-0.3, -0.25) is 4.90 Å². The number of halogens is 1. The number of benzene rings is 2. The number of carbonyl (C=O) groups excluding carboxylic acids is 1. The van der Waals surface area contributed by atoms with Crippen molar-refractivity contribution in [3.63, 3.8) is 0 Å². The summed E-state index contributed by atoms with van der Waals surface area (Å²) in [7, 11) is 3.35. The van der Waals surface area contributed by atoms with Gasteiger partial charge in [-0.05, 0) is 36.9 Å². The number of hydrogen-bond donors (Lipinski definition) is 0. The Kier molecular flexibility index (Phi) is 6.50. The second-order valence-corrected chi connectivity index (χ2v) is 8.82. The second kappa shape index (κ2) is 9.87. The van der Waals surface area contributed by atoms with E-state index in [1.807, 2.05) is 0 Å². The van der Waals surface area contributed by atoms with E-state index in [-0.39, 0.29) is 17.4 Å². The molecule has 1 aromatic heterocycles. The number of ether oxygens (including phenoxy) is 3. The monoisotopic (exact) mass is 478 g/mol. The zero-order valence-electron chi connectivity index (χ0n) is 19.7. The maximum atomic E-state index is 13.7. The maximum absolute atomic E-state index is 13.7. The summed E-state index contributed by atoms with van der Waals surface area (Å²) in [5, 5.41) is 0. The summed E-state index contributed by atoms with van der Waals surface area (Å²) in [4.78, 5) is 25.0. The third kappa shape index (κ3) is 4.90. The second-order valence-electron chi connectivity index (χ2n) is 8.82. The lowest BCUT2D eigenvalue weighted by atomic mass is 10.1. The van der Waals surface area contributed by atoms with Gasteiger partial charge in [0.05, 0.1) is 13.3 Å². The van der Waals surface area contributed by atoms with Crippen molar-refractivity contribution in [2.75, 3.05) is 32.1 Å². The van der Waals surface area contributed by atoms with Gasteiger partial charge in [-0.2, -0.15) is 0 Å². The number of hydrogen-bond acceptors (Lipinski definition) is 8. The Labute approximate surface area is 203 Å². The molecule has 3 heterocycles. The van der Waals surface area contributed by atoms with E-state index in [2.05, 4.69) is 45.0 Å². The van der Waals surface area contributed by atoms with Crippen LogP contribution in [0.4, 0.5) is 10.2 Å². The third-order valence-corrected chi connectivity index (χ3v) is 6.36. The van der Waals surface area contributed by atoms with Crippen LogP contribution in [-0.4, -0.2) is 54.2 Å². The van der Waals surface area contributed by atoms with E-state index in [0.717, 1.165) is 50.8 Å². The minimum Gasteiger partial charge on any atom is -0.490 e. The molecule has 0 radical (unpaired) electrons. The van der Waals surface area contributed by atoms with Crippen LogP contribution in [0.15, 0.2) is 48.9 Å². The molecule has 182 valence electrons. The summed E-state index contributed by atoms with van der Waals surface area (Å²) in [5.41, 5.74) is 2.61. The van der Waals surface area contributed by atoms with Crippen LogP contribution in [-0.2, 0) is 17.8 Å². The lowest BCUT2D eigenvalue weighted by Gasteiger charge is -2.33. The predicted molar refractivity (Wildman–Crippen MR) is 127 cm³/mol. The molecule has 0 unspecified atom stereocenters. The summed E-state index contributed by atoms with van der Waals surface area (Å²) in [6, 6.07) is 10.00. The van der Waals surface area contributed by atoms with Crippen LogP contribution < -0.4 is 14.4 Å². The molecule has 1 saturated heterocycles. The average Bonchev–Trinajstić information content (AvgIpc) is 3.27. The first-order chi connectivity index (χ1) is 17.0. The molecule has 0 spiro atoms. The van der Waals surface area contributed by atoms with Gasteiger partial charge in [-0.1, -0.05) is 12.1 Å². The van der Waals surface area contributed by atoms with Crippen molar-refractivity contribution in [1.29, 1.82) is 0 Å². The molecule has 0 N–H and O–H groups in total. The van der Waals surface area contributed by atoms with E-state index < -0.39 is 11.8 Å². The molecule has 0 saturated carbocycles. The number of anilines is 1. The topological polar surface area (TPSA) is 77.0 Å². The van der Waals surface area contributed by atoms with Gasteiger partial charge in [0.25, 0.3) is 0 Å². The van der Waals surface area contributed by atoms with Gasteiger partial charge < -0.3 is 19.1 Å². The van der Waals surface area contributed by atoms with Crippen LogP contribution in [0.25, 0.3) is 0 Å². The highest BCUT2D eigenvalue weighted by Crippen LogP contribution is 2.35. The molecule has 0 bridgehead atoms. The molecular weight excluding hydrogens is 451 g/mol. The van der Waals surface area contributed by atoms with Crippen molar-refractivity contribution in [2.24, 2.45) is 0 Å². The van der Waals surface area contributed by atoms with Gasteiger partial charge in [0, 0.05) is 44.6 Å². The van der Waals surface area contributed by atoms with Crippen molar-refractivity contribution in [3.05, 3.63) is 71.4 Å². The molecule has 8 nitrogen and oxygen atoms in total. The van der Waals surface area contributed by atoms with Crippen molar-refractivity contribution >= 4 is 11.8 Å². The minimum absolute atomic E-state index is 0.00421. The molecule has 0 aliphatic carbocycles. The molecule has 3 aromatic rings. The standard InChI is InChI=1S/C26H27FN4O4/c1-30-14-17-4-3-5-22(21(17)15-30)34-19-8-10-31(11-9-19)25-24(13-28-16-29-25)35-23-7-6-18(27)12-20(23)26(32)33-2/h3-7,12-13,16,19H,8-11,14-15H2,1-2H3. The number of fused-ring (bicyclic) bond motifs is 1. The fraction of sp³-hybridized carbons (Fsp3) is 0.346. The smallest absolute Gasteiger partial charge is 0.341 e. The number of aromatic nitrogens is 2. The maximum Gasteiger partial charge on any atom is 0.341 e. The number of methoxy groups -OCH3 is 1. The van der Waals surface area contributed by atoms with Crippen molar-refractivity contribution < 1.29 is 23.4 Å². The Morgan fingerprint density at radius 1 is 1.09 bits per heavy atom. The molecule has 2 aromatic carbocycles. The largest absolute Gasteiger partial charge is 0.490 e. The first kappa shape index (κ1) is 23.0. The Morgan fingerprint density at radius 3 is 2.71 bits per heavy atom. The normalized spacial score (nSPS) is 16.1. The van der Waals surface area contributed by atoms with Crippen molar-refractivity contribution in [1.82, 2.24) is 14.9 Å². The predicted octanol–water partition coefficient (Wildman–Crippen LogP) is 4.19. The van der Waals surface area contributed by atoms with Crippen molar-refractivity contribution in [2.45, 2.75) is 32.0 Å². The van der Waals surface area contributed by atoms with Crippen LogP contribution in [0.2, 0.25) is 0 Å². The number of rotatable bonds is 6. The zero-order valence-corrected chi connectivity index (χ0v) is 19.7. The zero-order chi connectivity index (χ0) is 24.4. The fourth-order valence-corrected chi connectivity index (χ4v) is 4.63. The number of esters is 1. The molecule has 9 heteroatoms. The van der Waals surface area contributed by atoms with Gasteiger partial charge in [0.1, 0.15) is 35.3 Å². The van der Waals surface area contributed by atoms with Crippen LogP contribution in [0.1, 0.15) is 34.3 Å². The van der Waals surface area contributed by atoms with Crippen molar-refractivity contribution in [3.8, 4) is 17.2 Å². The molecular formula is C26H27FN4O4. The van der Waals surface area contributed by atoms with Crippen LogP contribution in [0.3, 0.4) is 0 Å². The highest BCUT2D eigenvalue weighted by Gasteiger charge is 2.27. The van der Waals surface area contributed by atoms with Crippen LogP contribution in [0.5, 0.6) is 17.2 Å². The molecule has 35 heavy (non-hydrogen) atoms. The Bertz CT molecular complexity index is 1230. The summed E-state index contributed by atoms with van der Waals surface area (Å²) in [6.45, 7) is 3.30. The van der Waals surface area contributed by atoms with Crippen LogP contribution >= 0.6 is 0 Å². The van der Waals surface area contributed by atoms with E-state index in [9.17, 15) is 9.18 Å². The Balaban J connectivity index is 1.28. The van der Waals surface area contributed by atoms with Gasteiger partial charge in [0.15, 0.2) is 11.6 Å². The van der Waals surface area contributed by atoms with Gasteiger partial charge >= 0.3 is 5.97 Å². The van der Waals surface area contributed by atoms with E-state index in [0.29, 0.717) is 11.6 Å². The molecule has 2 aliphatic rings. The van der Waals surface area contributed by atoms with Gasteiger partial charge in [-0.25, -0.2) is 19.2 Å². The number of carbonyl (C=O) groups is 1. The minimum atomic E-state index is -0.686. The quantitative estimate of drug-likeness (QED) is 0.488. The molecule has 0 atom stereocenters. The first-order valence-electron chi connectivity index (χ1n) is 11.6. The van der Waals surface area contributed by atoms with E-state index >= 15 is 0 Å². The summed E-state index contributed by atoms with van der Waals surface area (Å²) >= 11 is 0. The molecule has 5 rings (SSSR count). The van der Waals surface area contributed by atoms with E-state index in [4.69, 9.17) is 14.2 Å². The lowest BCUT2D eigenvalue weighted by molar-refractivity contribution is 0.0597. The number of nitrogens with zero attached hydrogens (tertiary/aromatic N) is 4. The highest BCUT2D eigenvalue weighted by atomic mass is 19.1. The number of piperidine rings is 1. The summed E-state index contributed by atoms with van der Waals surface area (Å²) < 4.78 is 30.9. The summed E-state index contributed by atoms with van der Waals surface area (Å²) in [6.07, 6.45) is 4.76. The lowest BCUT2D eigenvalue weighted by Crippen LogP contribution is -2.39.